The third-order valence-electron chi connectivity index (χ3n) is 3.56. The van der Waals surface area contributed by atoms with Gasteiger partial charge < -0.3 is 15.7 Å². The molecule has 0 saturated carbocycles. The number of rotatable bonds is 3. The van der Waals surface area contributed by atoms with Gasteiger partial charge in [0.1, 0.15) is 5.75 Å². The predicted octanol–water partition coefficient (Wildman–Crippen LogP) is 1.39. The molecule has 20 heavy (non-hydrogen) atoms. The van der Waals surface area contributed by atoms with E-state index in [1.54, 1.807) is 12.1 Å². The first-order valence-electron chi connectivity index (χ1n) is 7.07. The van der Waals surface area contributed by atoms with Crippen LogP contribution in [0.3, 0.4) is 0 Å². The largest absolute Gasteiger partial charge is 0.506 e. The topological polar surface area (TPSA) is 69.8 Å². The van der Waals surface area contributed by atoms with Crippen molar-refractivity contribution >= 4 is 11.6 Å². The van der Waals surface area contributed by atoms with Crippen LogP contribution in [-0.4, -0.2) is 53.5 Å². The number of amides is 1. The van der Waals surface area contributed by atoms with Crippen LogP contribution in [-0.2, 0) is 0 Å². The molecular weight excluding hydrogens is 254 g/mol. The summed E-state index contributed by atoms with van der Waals surface area (Å²) in [6.45, 7) is 8.76. The monoisotopic (exact) mass is 277 g/mol. The van der Waals surface area contributed by atoms with Gasteiger partial charge in [-0.05, 0) is 24.1 Å². The zero-order valence-electron chi connectivity index (χ0n) is 12.2. The number of carbonyl (C=O) groups is 1. The molecule has 5 nitrogen and oxygen atoms in total. The summed E-state index contributed by atoms with van der Waals surface area (Å²) in [5.74, 6) is 0.574. The van der Waals surface area contributed by atoms with E-state index >= 15 is 0 Å². The normalized spacial score (nSPS) is 16.6. The minimum atomic E-state index is -0.0375. The number of aromatic hydroxyl groups is 1. The molecule has 1 amide bonds. The highest BCUT2D eigenvalue weighted by atomic mass is 16.3. The van der Waals surface area contributed by atoms with Crippen molar-refractivity contribution in [2.45, 2.75) is 13.8 Å². The zero-order valence-corrected chi connectivity index (χ0v) is 12.2. The van der Waals surface area contributed by atoms with E-state index in [1.807, 2.05) is 4.90 Å². The molecule has 1 aromatic rings. The molecule has 1 heterocycles. The number of nitrogens with two attached hydrogens (primary N) is 1. The molecule has 0 bridgehead atoms. The number of carbonyl (C=O) groups excluding carboxylic acids is 1. The minimum absolute atomic E-state index is 0.0331. The molecule has 0 atom stereocenters. The fraction of sp³-hybridized carbons (Fsp3) is 0.533. The second-order valence-corrected chi connectivity index (χ2v) is 5.76. The highest BCUT2D eigenvalue weighted by molar-refractivity contribution is 5.95. The Bertz CT molecular complexity index is 480. The van der Waals surface area contributed by atoms with E-state index in [2.05, 4.69) is 18.7 Å². The molecule has 0 unspecified atom stereocenters. The lowest BCUT2D eigenvalue weighted by Crippen LogP contribution is -2.49. The van der Waals surface area contributed by atoms with Crippen molar-refractivity contribution in [1.29, 1.82) is 0 Å². The van der Waals surface area contributed by atoms with Gasteiger partial charge in [-0.1, -0.05) is 13.8 Å². The van der Waals surface area contributed by atoms with Gasteiger partial charge in [-0.3, -0.25) is 9.69 Å². The van der Waals surface area contributed by atoms with E-state index in [0.717, 1.165) is 32.7 Å². The molecular formula is C15H23N3O2. The molecule has 2 rings (SSSR count). The van der Waals surface area contributed by atoms with Crippen molar-refractivity contribution in [2.24, 2.45) is 5.92 Å². The lowest BCUT2D eigenvalue weighted by molar-refractivity contribution is 0.0623. The van der Waals surface area contributed by atoms with Crippen LogP contribution in [0.4, 0.5) is 5.69 Å². The summed E-state index contributed by atoms with van der Waals surface area (Å²) in [6.07, 6.45) is 0. The first-order chi connectivity index (χ1) is 9.47. The molecule has 0 radical (unpaired) electrons. The second-order valence-electron chi connectivity index (χ2n) is 5.76. The van der Waals surface area contributed by atoms with Crippen LogP contribution in [0.1, 0.15) is 24.2 Å². The van der Waals surface area contributed by atoms with Crippen LogP contribution in [0.25, 0.3) is 0 Å². The Morgan fingerprint density at radius 1 is 1.30 bits per heavy atom. The lowest BCUT2D eigenvalue weighted by Gasteiger charge is -2.35. The number of nitrogens with zero attached hydrogens (tertiary/aromatic N) is 2. The molecule has 3 N–H and O–H groups in total. The Hall–Kier alpha value is -1.75. The molecule has 1 aliphatic heterocycles. The van der Waals surface area contributed by atoms with E-state index in [1.165, 1.54) is 6.07 Å². The third kappa shape index (κ3) is 3.42. The Morgan fingerprint density at radius 2 is 1.95 bits per heavy atom. The van der Waals surface area contributed by atoms with E-state index in [-0.39, 0.29) is 11.7 Å². The van der Waals surface area contributed by atoms with Crippen molar-refractivity contribution in [3.05, 3.63) is 23.8 Å². The maximum absolute atomic E-state index is 12.3. The molecule has 0 spiro atoms. The van der Waals surface area contributed by atoms with E-state index in [9.17, 15) is 9.90 Å². The number of benzene rings is 1. The summed E-state index contributed by atoms with van der Waals surface area (Å²) in [7, 11) is 0. The summed E-state index contributed by atoms with van der Waals surface area (Å²) in [4.78, 5) is 16.6. The predicted molar refractivity (Wildman–Crippen MR) is 79.7 cm³/mol. The first-order valence-corrected chi connectivity index (χ1v) is 7.07. The maximum Gasteiger partial charge on any atom is 0.254 e. The highest BCUT2D eigenvalue weighted by Crippen LogP contribution is 2.22. The van der Waals surface area contributed by atoms with Gasteiger partial charge in [0.05, 0.1) is 5.69 Å². The molecule has 110 valence electrons. The molecule has 1 saturated heterocycles. The number of hydrogen-bond acceptors (Lipinski definition) is 4. The Morgan fingerprint density at radius 3 is 2.50 bits per heavy atom. The van der Waals surface area contributed by atoms with E-state index < -0.39 is 0 Å². The average molecular weight is 277 g/mol. The van der Waals surface area contributed by atoms with Crippen LogP contribution >= 0.6 is 0 Å². The van der Waals surface area contributed by atoms with Gasteiger partial charge in [-0.15, -0.1) is 0 Å². The van der Waals surface area contributed by atoms with Gasteiger partial charge in [0.25, 0.3) is 5.91 Å². The quantitative estimate of drug-likeness (QED) is 0.647. The van der Waals surface area contributed by atoms with Gasteiger partial charge >= 0.3 is 0 Å². The maximum atomic E-state index is 12.3. The highest BCUT2D eigenvalue weighted by Gasteiger charge is 2.22. The lowest BCUT2D eigenvalue weighted by atomic mass is 10.1. The molecule has 5 heteroatoms. The Balaban J connectivity index is 1.96. The number of phenols is 1. The van der Waals surface area contributed by atoms with Gasteiger partial charge in [0.15, 0.2) is 0 Å². The van der Waals surface area contributed by atoms with E-state index in [4.69, 9.17) is 5.73 Å². The zero-order chi connectivity index (χ0) is 14.7. The van der Waals surface area contributed by atoms with Gasteiger partial charge in [-0.25, -0.2) is 0 Å². The summed E-state index contributed by atoms with van der Waals surface area (Å²) in [5, 5.41) is 9.58. The summed E-state index contributed by atoms with van der Waals surface area (Å²) in [6, 6.07) is 4.67. The molecule has 1 aromatic carbocycles. The summed E-state index contributed by atoms with van der Waals surface area (Å²) >= 11 is 0. The van der Waals surface area contributed by atoms with Gasteiger partial charge in [-0.2, -0.15) is 0 Å². The number of phenolic OH excluding ortho intramolecular Hbond substituents is 1. The van der Waals surface area contributed by atoms with Crippen molar-refractivity contribution in [1.82, 2.24) is 9.80 Å². The molecule has 1 fully saturated rings. The Labute approximate surface area is 120 Å². The molecule has 0 aromatic heterocycles. The molecule has 1 aliphatic rings. The van der Waals surface area contributed by atoms with Crippen LogP contribution in [0.5, 0.6) is 5.75 Å². The Kier molecular flexibility index (Phi) is 4.49. The smallest absolute Gasteiger partial charge is 0.254 e. The number of anilines is 1. The van der Waals surface area contributed by atoms with Crippen LogP contribution < -0.4 is 5.73 Å². The number of piperazine rings is 1. The third-order valence-corrected chi connectivity index (χ3v) is 3.56. The SMILES string of the molecule is CC(C)CN1CCN(C(=O)c2ccc(N)c(O)c2)CC1. The van der Waals surface area contributed by atoms with Crippen molar-refractivity contribution in [3.8, 4) is 5.75 Å². The van der Waals surface area contributed by atoms with Crippen LogP contribution in [0, 0.1) is 5.92 Å². The summed E-state index contributed by atoms with van der Waals surface area (Å²) < 4.78 is 0. The standard InChI is InChI=1S/C15H23N3O2/c1-11(2)10-17-5-7-18(8-6-17)15(20)12-3-4-13(16)14(19)9-12/h3-4,9,11,19H,5-8,10,16H2,1-2H3. The fourth-order valence-electron chi connectivity index (χ4n) is 2.51. The number of hydrogen-bond donors (Lipinski definition) is 2. The fourth-order valence-corrected chi connectivity index (χ4v) is 2.51. The van der Waals surface area contributed by atoms with Gasteiger partial charge in [0.2, 0.25) is 0 Å². The van der Waals surface area contributed by atoms with Crippen molar-refractivity contribution in [2.75, 3.05) is 38.5 Å². The van der Waals surface area contributed by atoms with Crippen LogP contribution in [0.15, 0.2) is 18.2 Å². The van der Waals surface area contributed by atoms with Crippen LogP contribution in [0.2, 0.25) is 0 Å². The second kappa shape index (κ2) is 6.13. The minimum Gasteiger partial charge on any atom is -0.506 e. The average Bonchev–Trinajstić information content (AvgIpc) is 2.41. The molecule has 0 aliphatic carbocycles. The first kappa shape index (κ1) is 14.7. The van der Waals surface area contributed by atoms with Crippen molar-refractivity contribution in [3.63, 3.8) is 0 Å². The summed E-state index contributed by atoms with van der Waals surface area (Å²) in [5.41, 5.74) is 6.34. The van der Waals surface area contributed by atoms with Crippen molar-refractivity contribution < 1.29 is 9.90 Å². The number of nitrogen functional groups attached to an aromatic ring is 1. The van der Waals surface area contributed by atoms with E-state index in [0.29, 0.717) is 17.2 Å². The van der Waals surface area contributed by atoms with Gasteiger partial charge in [0, 0.05) is 38.3 Å².